The van der Waals surface area contributed by atoms with Gasteiger partial charge in [0.2, 0.25) is 0 Å². The van der Waals surface area contributed by atoms with Crippen molar-refractivity contribution in [2.24, 2.45) is 0 Å². The highest BCUT2D eigenvalue weighted by molar-refractivity contribution is 5.02. The Morgan fingerprint density at radius 1 is 1.32 bits per heavy atom. The minimum Gasteiger partial charge on any atom is -0.467 e. The summed E-state index contributed by atoms with van der Waals surface area (Å²) in [6, 6.07) is 3.63. The molecule has 1 aromatic rings. The number of β-amino-alcohol motifs (C(OH)–C–C–N with tert-alkyl or cyclic N) is 1. The molecule has 2 rings (SSSR count). The summed E-state index contributed by atoms with van der Waals surface area (Å²) < 4.78 is 10.6. The van der Waals surface area contributed by atoms with E-state index in [1.807, 2.05) is 19.1 Å². The molecule has 1 fully saturated rings. The van der Waals surface area contributed by atoms with E-state index in [1.54, 1.807) is 6.26 Å². The predicted molar refractivity (Wildman–Crippen MR) is 73.0 cm³/mol. The number of hydrogen-bond acceptors (Lipinski definition) is 5. The Kier molecular flexibility index (Phi) is 5.85. The van der Waals surface area contributed by atoms with Crippen molar-refractivity contribution < 1.29 is 14.3 Å². The molecule has 1 unspecified atom stereocenters. The Morgan fingerprint density at radius 3 is 2.68 bits per heavy atom. The molecule has 1 N–H and O–H groups in total. The predicted octanol–water partition coefficient (Wildman–Crippen LogP) is 0.967. The molecule has 0 aromatic carbocycles. The van der Waals surface area contributed by atoms with Crippen LogP contribution in [0.4, 0.5) is 0 Å². The molecular weight excluding hydrogens is 244 g/mol. The second-order valence-corrected chi connectivity index (χ2v) is 4.87. The van der Waals surface area contributed by atoms with Crippen molar-refractivity contribution in [1.29, 1.82) is 0 Å². The van der Waals surface area contributed by atoms with E-state index in [-0.39, 0.29) is 0 Å². The Labute approximate surface area is 114 Å². The first-order valence-electron chi connectivity index (χ1n) is 7.03. The highest BCUT2D eigenvalue weighted by Gasteiger charge is 2.20. The molecule has 5 nitrogen and oxygen atoms in total. The molecule has 5 heteroatoms. The van der Waals surface area contributed by atoms with Gasteiger partial charge in [-0.1, -0.05) is 0 Å². The standard InChI is InChI=1S/C14H24N2O3/c1-2-18-11-9-15-5-7-16(8-6-15)12-13(17)14-4-3-10-19-14/h3-4,10,13,17H,2,5-9,11-12H2,1H3. The third-order valence-electron chi connectivity index (χ3n) is 3.52. The minimum absolute atomic E-state index is 0.523. The molecule has 1 aromatic heterocycles. The lowest BCUT2D eigenvalue weighted by atomic mass is 10.2. The molecule has 1 aliphatic heterocycles. The van der Waals surface area contributed by atoms with Crippen LogP contribution in [0.3, 0.4) is 0 Å². The normalized spacial score (nSPS) is 19.7. The van der Waals surface area contributed by atoms with Crippen LogP contribution in [-0.4, -0.2) is 67.4 Å². The van der Waals surface area contributed by atoms with Gasteiger partial charge in [-0.3, -0.25) is 9.80 Å². The first-order chi connectivity index (χ1) is 9.29. The number of nitrogens with zero attached hydrogens (tertiary/aromatic N) is 2. The van der Waals surface area contributed by atoms with E-state index in [4.69, 9.17) is 9.15 Å². The number of hydrogen-bond donors (Lipinski definition) is 1. The van der Waals surface area contributed by atoms with Crippen LogP contribution in [0.15, 0.2) is 22.8 Å². The molecular formula is C14H24N2O3. The third kappa shape index (κ3) is 4.62. The fourth-order valence-corrected chi connectivity index (χ4v) is 2.35. The highest BCUT2D eigenvalue weighted by atomic mass is 16.5. The van der Waals surface area contributed by atoms with Crippen molar-refractivity contribution in [3.63, 3.8) is 0 Å². The number of piperazine rings is 1. The van der Waals surface area contributed by atoms with Crippen molar-refractivity contribution in [2.75, 3.05) is 52.5 Å². The van der Waals surface area contributed by atoms with Crippen LogP contribution < -0.4 is 0 Å². The quantitative estimate of drug-likeness (QED) is 0.747. The molecule has 0 saturated carbocycles. The summed E-state index contributed by atoms with van der Waals surface area (Å²) in [5.74, 6) is 0.652. The fourth-order valence-electron chi connectivity index (χ4n) is 2.35. The number of furan rings is 1. The summed E-state index contributed by atoms with van der Waals surface area (Å²) in [7, 11) is 0. The summed E-state index contributed by atoms with van der Waals surface area (Å²) in [4.78, 5) is 4.69. The molecule has 0 amide bonds. The molecule has 0 spiro atoms. The highest BCUT2D eigenvalue weighted by Crippen LogP contribution is 2.15. The van der Waals surface area contributed by atoms with Gasteiger partial charge in [0.05, 0.1) is 12.9 Å². The van der Waals surface area contributed by atoms with Gasteiger partial charge in [0.25, 0.3) is 0 Å². The van der Waals surface area contributed by atoms with Crippen LogP contribution in [-0.2, 0) is 4.74 Å². The Hall–Kier alpha value is -0.880. The van der Waals surface area contributed by atoms with Gasteiger partial charge in [-0.15, -0.1) is 0 Å². The van der Waals surface area contributed by atoms with Crippen molar-refractivity contribution in [1.82, 2.24) is 9.80 Å². The van der Waals surface area contributed by atoms with Gasteiger partial charge in [-0.2, -0.15) is 0 Å². The van der Waals surface area contributed by atoms with Crippen LogP contribution in [0.2, 0.25) is 0 Å². The summed E-state index contributed by atoms with van der Waals surface area (Å²) in [5.41, 5.74) is 0. The van der Waals surface area contributed by atoms with Gasteiger partial charge in [0, 0.05) is 45.9 Å². The maximum atomic E-state index is 10.0. The summed E-state index contributed by atoms with van der Waals surface area (Å²) >= 11 is 0. The number of aliphatic hydroxyl groups excluding tert-OH is 1. The second-order valence-electron chi connectivity index (χ2n) is 4.87. The number of rotatable bonds is 7. The lowest BCUT2D eigenvalue weighted by Crippen LogP contribution is -2.48. The Bertz CT molecular complexity index is 334. The van der Waals surface area contributed by atoms with Crippen molar-refractivity contribution in [2.45, 2.75) is 13.0 Å². The minimum atomic E-state index is -0.523. The van der Waals surface area contributed by atoms with Gasteiger partial charge in [-0.25, -0.2) is 0 Å². The van der Waals surface area contributed by atoms with Gasteiger partial charge in [0.1, 0.15) is 11.9 Å². The first kappa shape index (κ1) is 14.5. The average Bonchev–Trinajstić information content (AvgIpc) is 2.95. The zero-order valence-electron chi connectivity index (χ0n) is 11.6. The molecule has 0 bridgehead atoms. The van der Waals surface area contributed by atoms with Crippen molar-refractivity contribution >= 4 is 0 Å². The maximum absolute atomic E-state index is 10.0. The summed E-state index contributed by atoms with van der Waals surface area (Å²) in [5, 5.41) is 10.0. The zero-order chi connectivity index (χ0) is 13.5. The summed E-state index contributed by atoms with van der Waals surface area (Å²) in [6.45, 7) is 9.33. The average molecular weight is 268 g/mol. The lowest BCUT2D eigenvalue weighted by Gasteiger charge is -2.35. The van der Waals surface area contributed by atoms with E-state index >= 15 is 0 Å². The van der Waals surface area contributed by atoms with Crippen LogP contribution in [0, 0.1) is 0 Å². The van der Waals surface area contributed by atoms with E-state index in [9.17, 15) is 5.11 Å². The molecule has 2 heterocycles. The molecule has 1 saturated heterocycles. The second kappa shape index (κ2) is 7.65. The van der Waals surface area contributed by atoms with E-state index in [1.165, 1.54) is 0 Å². The van der Waals surface area contributed by atoms with Gasteiger partial charge in [-0.05, 0) is 19.1 Å². The number of aliphatic hydroxyl groups is 1. The van der Waals surface area contributed by atoms with E-state index in [0.29, 0.717) is 12.3 Å². The van der Waals surface area contributed by atoms with E-state index in [2.05, 4.69) is 9.80 Å². The van der Waals surface area contributed by atoms with E-state index in [0.717, 1.165) is 45.9 Å². The van der Waals surface area contributed by atoms with Gasteiger partial charge in [0.15, 0.2) is 0 Å². The molecule has 0 aliphatic carbocycles. The lowest BCUT2D eigenvalue weighted by molar-refractivity contribution is 0.0484. The van der Waals surface area contributed by atoms with Crippen LogP contribution in [0.25, 0.3) is 0 Å². The molecule has 1 atom stereocenters. The number of ether oxygens (including phenoxy) is 1. The Balaban J connectivity index is 1.66. The Morgan fingerprint density at radius 2 is 2.05 bits per heavy atom. The molecule has 1 aliphatic rings. The van der Waals surface area contributed by atoms with E-state index < -0.39 is 6.10 Å². The monoisotopic (exact) mass is 268 g/mol. The van der Waals surface area contributed by atoms with Crippen LogP contribution in [0.5, 0.6) is 0 Å². The maximum Gasteiger partial charge on any atom is 0.133 e. The van der Waals surface area contributed by atoms with Gasteiger partial charge >= 0.3 is 0 Å². The van der Waals surface area contributed by atoms with Crippen LogP contribution >= 0.6 is 0 Å². The zero-order valence-corrected chi connectivity index (χ0v) is 11.6. The van der Waals surface area contributed by atoms with Crippen molar-refractivity contribution in [3.05, 3.63) is 24.2 Å². The largest absolute Gasteiger partial charge is 0.467 e. The topological polar surface area (TPSA) is 49.1 Å². The first-order valence-corrected chi connectivity index (χ1v) is 7.03. The summed E-state index contributed by atoms with van der Waals surface area (Å²) in [6.07, 6.45) is 1.08. The molecule has 108 valence electrons. The molecule has 19 heavy (non-hydrogen) atoms. The SMILES string of the molecule is CCOCCN1CCN(CC(O)c2ccco2)CC1. The van der Waals surface area contributed by atoms with Crippen LogP contribution in [0.1, 0.15) is 18.8 Å². The van der Waals surface area contributed by atoms with Gasteiger partial charge < -0.3 is 14.3 Å². The molecule has 0 radical (unpaired) electrons. The smallest absolute Gasteiger partial charge is 0.133 e. The van der Waals surface area contributed by atoms with Crippen molar-refractivity contribution in [3.8, 4) is 0 Å². The third-order valence-corrected chi connectivity index (χ3v) is 3.52. The fraction of sp³-hybridized carbons (Fsp3) is 0.714.